The van der Waals surface area contributed by atoms with Crippen LogP contribution in [-0.2, 0) is 10.2 Å². The fraction of sp³-hybridized carbons (Fsp3) is 0.438. The Bertz CT molecular complexity index is 622. The molecule has 5 heteroatoms. The van der Waals surface area contributed by atoms with E-state index in [-0.39, 0.29) is 16.9 Å². The maximum Gasteiger partial charge on any atom is 0.292 e. The first-order valence-electron chi connectivity index (χ1n) is 7.03. The van der Waals surface area contributed by atoms with Crippen molar-refractivity contribution in [3.05, 3.63) is 29.3 Å². The highest BCUT2D eigenvalue weighted by atomic mass is 32.2. The standard InChI is InChI=1S/C16H19NO3S/c1-5-13(18)10-7-8-12-11(9-10)16(3,4)14(19)17(12)15(20)21-6-2/h7-9H,5-6H2,1-4H3. The minimum absolute atomic E-state index is 0.0359. The van der Waals surface area contributed by atoms with Crippen LogP contribution in [0.25, 0.3) is 0 Å². The number of rotatable bonds is 3. The van der Waals surface area contributed by atoms with Gasteiger partial charge in [-0.25, -0.2) is 4.90 Å². The van der Waals surface area contributed by atoms with Gasteiger partial charge in [-0.15, -0.1) is 0 Å². The number of nitrogens with zero attached hydrogens (tertiary/aromatic N) is 1. The van der Waals surface area contributed by atoms with Gasteiger partial charge < -0.3 is 0 Å². The molecule has 0 aliphatic carbocycles. The number of hydrogen-bond acceptors (Lipinski definition) is 4. The first-order chi connectivity index (χ1) is 9.84. The Balaban J connectivity index is 2.54. The summed E-state index contributed by atoms with van der Waals surface area (Å²) in [7, 11) is 0. The molecular formula is C16H19NO3S. The molecule has 2 amide bonds. The van der Waals surface area contributed by atoms with Crippen LogP contribution in [-0.4, -0.2) is 22.7 Å². The van der Waals surface area contributed by atoms with E-state index in [0.717, 1.165) is 17.3 Å². The number of Topliss-reactive ketones (excluding diaryl/α,β-unsaturated/α-hetero) is 1. The van der Waals surface area contributed by atoms with Crippen LogP contribution in [0, 0.1) is 0 Å². The number of carbonyl (C=O) groups is 3. The van der Waals surface area contributed by atoms with Crippen LogP contribution >= 0.6 is 11.8 Å². The predicted octanol–water partition coefficient (Wildman–Crippen LogP) is 3.78. The first-order valence-corrected chi connectivity index (χ1v) is 8.02. The van der Waals surface area contributed by atoms with E-state index >= 15 is 0 Å². The molecule has 0 saturated heterocycles. The van der Waals surface area contributed by atoms with E-state index in [1.165, 1.54) is 4.90 Å². The number of benzene rings is 1. The van der Waals surface area contributed by atoms with Gasteiger partial charge in [-0.2, -0.15) is 0 Å². The molecule has 0 unspecified atom stereocenters. The van der Waals surface area contributed by atoms with Crippen molar-refractivity contribution in [2.45, 2.75) is 39.5 Å². The number of imide groups is 1. The molecule has 1 aliphatic heterocycles. The maximum absolute atomic E-state index is 12.6. The van der Waals surface area contributed by atoms with Gasteiger partial charge >= 0.3 is 0 Å². The Labute approximate surface area is 128 Å². The summed E-state index contributed by atoms with van der Waals surface area (Å²) in [6.07, 6.45) is 0.418. The van der Waals surface area contributed by atoms with Crippen LogP contribution in [0.15, 0.2) is 18.2 Å². The average molecular weight is 305 g/mol. The quantitative estimate of drug-likeness (QED) is 0.798. The smallest absolute Gasteiger partial charge is 0.292 e. The Kier molecular flexibility index (Phi) is 4.23. The second kappa shape index (κ2) is 5.64. The zero-order valence-corrected chi connectivity index (χ0v) is 13.5. The molecule has 1 heterocycles. The topological polar surface area (TPSA) is 54.5 Å². The van der Waals surface area contributed by atoms with E-state index in [0.29, 0.717) is 23.4 Å². The summed E-state index contributed by atoms with van der Waals surface area (Å²) < 4.78 is 0. The maximum atomic E-state index is 12.6. The number of thioether (sulfide) groups is 1. The van der Waals surface area contributed by atoms with Crippen molar-refractivity contribution in [1.82, 2.24) is 0 Å². The van der Waals surface area contributed by atoms with Crippen LogP contribution in [0.4, 0.5) is 10.5 Å². The van der Waals surface area contributed by atoms with Crippen LogP contribution < -0.4 is 4.90 Å². The molecule has 4 nitrogen and oxygen atoms in total. The molecule has 0 bridgehead atoms. The van der Waals surface area contributed by atoms with Gasteiger partial charge in [-0.3, -0.25) is 14.4 Å². The second-order valence-electron chi connectivity index (χ2n) is 5.47. The number of carbonyl (C=O) groups excluding carboxylic acids is 3. The lowest BCUT2D eigenvalue weighted by Gasteiger charge is -2.18. The summed E-state index contributed by atoms with van der Waals surface area (Å²) in [5.74, 6) is 0.420. The molecule has 0 radical (unpaired) electrons. The van der Waals surface area contributed by atoms with Gasteiger partial charge in [0, 0.05) is 12.0 Å². The molecule has 21 heavy (non-hydrogen) atoms. The lowest BCUT2D eigenvalue weighted by molar-refractivity contribution is -0.121. The Morgan fingerprint density at radius 1 is 1.24 bits per heavy atom. The average Bonchev–Trinajstić information content (AvgIpc) is 2.66. The number of ketones is 1. The van der Waals surface area contributed by atoms with E-state index in [1.807, 2.05) is 6.92 Å². The summed E-state index contributed by atoms with van der Waals surface area (Å²) in [5, 5.41) is -0.260. The van der Waals surface area contributed by atoms with Crippen LogP contribution in [0.3, 0.4) is 0 Å². The van der Waals surface area contributed by atoms with Gasteiger partial charge in [0.2, 0.25) is 5.91 Å². The van der Waals surface area contributed by atoms with E-state index < -0.39 is 5.41 Å². The van der Waals surface area contributed by atoms with Gasteiger partial charge in [0.1, 0.15) is 0 Å². The van der Waals surface area contributed by atoms with Crippen molar-refractivity contribution in [1.29, 1.82) is 0 Å². The van der Waals surface area contributed by atoms with Crippen molar-refractivity contribution in [3.63, 3.8) is 0 Å². The highest BCUT2D eigenvalue weighted by Crippen LogP contribution is 2.43. The number of hydrogen-bond donors (Lipinski definition) is 0. The normalized spacial score (nSPS) is 16.0. The predicted molar refractivity (Wildman–Crippen MR) is 85.1 cm³/mol. The summed E-state index contributed by atoms with van der Waals surface area (Å²) in [6, 6.07) is 5.15. The van der Waals surface area contributed by atoms with Crippen molar-refractivity contribution in [2.24, 2.45) is 0 Å². The summed E-state index contributed by atoms with van der Waals surface area (Å²) in [4.78, 5) is 37.8. The molecule has 1 aromatic carbocycles. The number of anilines is 1. The minimum Gasteiger partial charge on any atom is -0.294 e. The highest BCUT2D eigenvalue weighted by Gasteiger charge is 2.46. The van der Waals surface area contributed by atoms with Crippen LogP contribution in [0.5, 0.6) is 0 Å². The Morgan fingerprint density at radius 3 is 2.48 bits per heavy atom. The Morgan fingerprint density at radius 2 is 1.90 bits per heavy atom. The molecule has 0 N–H and O–H groups in total. The number of fused-ring (bicyclic) bond motifs is 1. The molecule has 0 atom stereocenters. The highest BCUT2D eigenvalue weighted by molar-refractivity contribution is 8.13. The molecule has 0 aromatic heterocycles. The van der Waals surface area contributed by atoms with Gasteiger partial charge in [0.25, 0.3) is 5.24 Å². The molecule has 0 fully saturated rings. The summed E-state index contributed by atoms with van der Waals surface area (Å²) in [5.41, 5.74) is 1.15. The summed E-state index contributed by atoms with van der Waals surface area (Å²) in [6.45, 7) is 7.26. The fourth-order valence-corrected chi connectivity index (χ4v) is 3.04. The Hall–Kier alpha value is -1.62. The number of amides is 2. The third kappa shape index (κ3) is 2.50. The lowest BCUT2D eigenvalue weighted by atomic mass is 9.85. The van der Waals surface area contributed by atoms with Crippen molar-refractivity contribution in [2.75, 3.05) is 10.7 Å². The zero-order chi connectivity index (χ0) is 15.8. The fourth-order valence-electron chi connectivity index (χ4n) is 2.48. The largest absolute Gasteiger partial charge is 0.294 e. The molecule has 0 spiro atoms. The molecule has 2 rings (SSSR count). The van der Waals surface area contributed by atoms with Gasteiger partial charge in [-0.05, 0) is 43.4 Å². The molecule has 0 saturated carbocycles. The molecule has 112 valence electrons. The minimum atomic E-state index is -0.788. The van der Waals surface area contributed by atoms with Crippen LogP contribution in [0.1, 0.15) is 50.0 Å². The van der Waals surface area contributed by atoms with Gasteiger partial charge in [0.15, 0.2) is 5.78 Å². The molecule has 1 aromatic rings. The SMILES string of the molecule is CCSC(=O)N1C(=O)C(C)(C)c2cc(C(=O)CC)ccc21. The lowest BCUT2D eigenvalue weighted by Crippen LogP contribution is -2.38. The summed E-state index contributed by atoms with van der Waals surface area (Å²) >= 11 is 1.11. The van der Waals surface area contributed by atoms with Crippen molar-refractivity contribution >= 4 is 34.4 Å². The van der Waals surface area contributed by atoms with E-state index in [9.17, 15) is 14.4 Å². The molecular weight excluding hydrogens is 286 g/mol. The van der Waals surface area contributed by atoms with E-state index in [2.05, 4.69) is 0 Å². The van der Waals surface area contributed by atoms with E-state index in [4.69, 9.17) is 0 Å². The third-order valence-corrected chi connectivity index (χ3v) is 4.46. The van der Waals surface area contributed by atoms with Gasteiger partial charge in [-0.1, -0.05) is 25.6 Å². The monoisotopic (exact) mass is 305 g/mol. The second-order valence-corrected chi connectivity index (χ2v) is 6.69. The zero-order valence-electron chi connectivity index (χ0n) is 12.7. The van der Waals surface area contributed by atoms with E-state index in [1.54, 1.807) is 39.0 Å². The van der Waals surface area contributed by atoms with Crippen molar-refractivity contribution in [3.8, 4) is 0 Å². The third-order valence-electron chi connectivity index (χ3n) is 3.74. The van der Waals surface area contributed by atoms with Crippen molar-refractivity contribution < 1.29 is 14.4 Å². The van der Waals surface area contributed by atoms with Gasteiger partial charge in [0.05, 0.1) is 11.1 Å². The van der Waals surface area contributed by atoms with Crippen LogP contribution in [0.2, 0.25) is 0 Å². The molecule has 1 aliphatic rings. The first kappa shape index (κ1) is 15.8.